The average Bonchev–Trinajstić information content (AvgIpc) is 2.44. The van der Waals surface area contributed by atoms with Crippen molar-refractivity contribution in [1.29, 1.82) is 0 Å². The third-order valence-electron chi connectivity index (χ3n) is 4.46. The van der Waals surface area contributed by atoms with Crippen LogP contribution in [-0.2, 0) is 6.54 Å². The van der Waals surface area contributed by atoms with E-state index in [0.717, 1.165) is 42.0 Å². The van der Waals surface area contributed by atoms with Crippen LogP contribution in [0.2, 0.25) is 5.02 Å². The first-order valence-corrected chi connectivity index (χ1v) is 8.48. The Hall–Kier alpha value is -0.800. The fourth-order valence-electron chi connectivity index (χ4n) is 2.91. The van der Waals surface area contributed by atoms with E-state index in [-0.39, 0.29) is 0 Å². The fourth-order valence-corrected chi connectivity index (χ4v) is 3.08. The minimum atomic E-state index is 0.545. The van der Waals surface area contributed by atoms with Gasteiger partial charge in [-0.25, -0.2) is 4.98 Å². The van der Waals surface area contributed by atoms with Crippen molar-refractivity contribution in [2.75, 3.05) is 18.0 Å². The van der Waals surface area contributed by atoms with Gasteiger partial charge < -0.3 is 10.2 Å². The van der Waals surface area contributed by atoms with Gasteiger partial charge in [-0.1, -0.05) is 32.4 Å². The number of halogens is 1. The zero-order valence-corrected chi connectivity index (χ0v) is 14.5. The Kier molecular flexibility index (Phi) is 5.88. The summed E-state index contributed by atoms with van der Waals surface area (Å²) >= 11 is 6.29. The van der Waals surface area contributed by atoms with Crippen LogP contribution in [0.1, 0.15) is 46.1 Å². The molecule has 3 nitrogen and oxygen atoms in total. The number of hydrogen-bond donors (Lipinski definition) is 1. The number of nitrogens with one attached hydrogen (secondary N) is 1. The molecular weight excluding hydrogens is 282 g/mol. The van der Waals surface area contributed by atoms with Crippen molar-refractivity contribution < 1.29 is 0 Å². The summed E-state index contributed by atoms with van der Waals surface area (Å²) in [6, 6.07) is 2.70. The summed E-state index contributed by atoms with van der Waals surface area (Å²) in [4.78, 5) is 6.98. The van der Waals surface area contributed by atoms with Crippen molar-refractivity contribution >= 4 is 17.4 Å². The molecule has 0 bridgehead atoms. The predicted molar refractivity (Wildman–Crippen MR) is 91.0 cm³/mol. The summed E-state index contributed by atoms with van der Waals surface area (Å²) in [5, 5.41) is 4.22. The first-order chi connectivity index (χ1) is 9.99. The van der Waals surface area contributed by atoms with Crippen LogP contribution in [0, 0.1) is 11.8 Å². The van der Waals surface area contributed by atoms with Crippen LogP contribution in [0.3, 0.4) is 0 Å². The lowest BCUT2D eigenvalue weighted by Crippen LogP contribution is -2.43. The Morgan fingerprint density at radius 1 is 1.43 bits per heavy atom. The second-order valence-corrected chi connectivity index (χ2v) is 7.12. The minimum Gasteiger partial charge on any atom is -0.354 e. The topological polar surface area (TPSA) is 28.2 Å². The molecule has 1 aromatic heterocycles. The Labute approximate surface area is 134 Å². The van der Waals surface area contributed by atoms with Gasteiger partial charge in [0, 0.05) is 25.3 Å². The van der Waals surface area contributed by atoms with Crippen LogP contribution in [0.15, 0.2) is 12.3 Å². The zero-order valence-electron chi connectivity index (χ0n) is 13.7. The largest absolute Gasteiger partial charge is 0.354 e. The van der Waals surface area contributed by atoms with Crippen molar-refractivity contribution in [2.45, 2.75) is 53.1 Å². The number of nitrogens with zero attached hydrogens (tertiary/aromatic N) is 2. The van der Waals surface area contributed by atoms with Crippen LogP contribution < -0.4 is 10.2 Å². The number of hydrogen-bond acceptors (Lipinski definition) is 3. The molecule has 2 rings (SSSR count). The molecule has 1 fully saturated rings. The maximum absolute atomic E-state index is 6.29. The summed E-state index contributed by atoms with van der Waals surface area (Å²) in [5.74, 6) is 2.44. The summed E-state index contributed by atoms with van der Waals surface area (Å²) in [5.41, 5.74) is 1.15. The van der Waals surface area contributed by atoms with Gasteiger partial charge in [0.2, 0.25) is 0 Å². The molecule has 0 saturated carbocycles. The highest BCUT2D eigenvalue weighted by atomic mass is 35.5. The maximum atomic E-state index is 6.29. The molecule has 4 heteroatoms. The molecule has 2 heterocycles. The van der Waals surface area contributed by atoms with E-state index in [1.54, 1.807) is 6.20 Å². The van der Waals surface area contributed by atoms with E-state index < -0.39 is 0 Å². The number of rotatable bonds is 5. The van der Waals surface area contributed by atoms with Gasteiger partial charge in [-0.05, 0) is 49.8 Å². The quantitative estimate of drug-likeness (QED) is 0.887. The van der Waals surface area contributed by atoms with Crippen molar-refractivity contribution in [3.05, 3.63) is 22.8 Å². The number of pyridine rings is 1. The highest BCUT2D eigenvalue weighted by Gasteiger charge is 2.25. The molecule has 118 valence electrons. The Morgan fingerprint density at radius 3 is 2.90 bits per heavy atom. The molecule has 0 spiro atoms. The standard InChI is InChI=1S/C17H28ClN3/c1-12(2)9-19-10-15-8-17(20-11-16(15)18)21-7-5-6-13(3)14(21)4/h8,11-14,19H,5-7,9-10H2,1-4H3. The molecule has 0 amide bonds. The zero-order chi connectivity index (χ0) is 15.4. The predicted octanol–water partition coefficient (Wildman–Crippen LogP) is 4.11. The molecule has 1 N–H and O–H groups in total. The van der Waals surface area contributed by atoms with E-state index in [9.17, 15) is 0 Å². The second kappa shape index (κ2) is 7.46. The monoisotopic (exact) mass is 309 g/mol. The van der Waals surface area contributed by atoms with Crippen LogP contribution in [0.4, 0.5) is 5.82 Å². The number of anilines is 1. The summed E-state index contributed by atoms with van der Waals surface area (Å²) in [6.45, 7) is 12.0. The molecule has 1 aromatic rings. The normalized spacial score (nSPS) is 22.9. The van der Waals surface area contributed by atoms with E-state index in [4.69, 9.17) is 11.6 Å². The van der Waals surface area contributed by atoms with Gasteiger partial charge in [0.05, 0.1) is 5.02 Å². The van der Waals surface area contributed by atoms with Gasteiger partial charge in [-0.2, -0.15) is 0 Å². The van der Waals surface area contributed by atoms with Gasteiger partial charge in [-0.3, -0.25) is 0 Å². The maximum Gasteiger partial charge on any atom is 0.129 e. The molecule has 1 saturated heterocycles. The van der Waals surface area contributed by atoms with Crippen molar-refractivity contribution in [2.24, 2.45) is 11.8 Å². The lowest BCUT2D eigenvalue weighted by Gasteiger charge is -2.39. The molecular formula is C17H28ClN3. The molecule has 0 radical (unpaired) electrons. The molecule has 0 aliphatic carbocycles. The van der Waals surface area contributed by atoms with Crippen molar-refractivity contribution in [3.8, 4) is 0 Å². The third-order valence-corrected chi connectivity index (χ3v) is 4.80. The van der Waals surface area contributed by atoms with E-state index in [0.29, 0.717) is 12.0 Å². The average molecular weight is 310 g/mol. The van der Waals surface area contributed by atoms with E-state index >= 15 is 0 Å². The van der Waals surface area contributed by atoms with Crippen LogP contribution in [0.25, 0.3) is 0 Å². The van der Waals surface area contributed by atoms with E-state index in [1.807, 2.05) is 0 Å². The summed E-state index contributed by atoms with van der Waals surface area (Å²) in [7, 11) is 0. The lowest BCUT2D eigenvalue weighted by molar-refractivity contribution is 0.361. The van der Waals surface area contributed by atoms with Crippen LogP contribution in [-0.4, -0.2) is 24.1 Å². The van der Waals surface area contributed by atoms with Gasteiger partial charge in [0.25, 0.3) is 0 Å². The SMILES string of the molecule is CC(C)CNCc1cc(N2CCCC(C)C2C)ncc1Cl. The molecule has 2 atom stereocenters. The lowest BCUT2D eigenvalue weighted by atomic mass is 9.92. The first-order valence-electron chi connectivity index (χ1n) is 8.10. The molecule has 2 unspecified atom stereocenters. The molecule has 1 aliphatic rings. The van der Waals surface area contributed by atoms with Crippen LogP contribution in [0.5, 0.6) is 0 Å². The van der Waals surface area contributed by atoms with Crippen molar-refractivity contribution in [1.82, 2.24) is 10.3 Å². The third kappa shape index (κ3) is 4.33. The summed E-state index contributed by atoms with van der Waals surface area (Å²) in [6.07, 6.45) is 4.36. The Balaban J connectivity index is 2.10. The fraction of sp³-hybridized carbons (Fsp3) is 0.706. The second-order valence-electron chi connectivity index (χ2n) is 6.71. The van der Waals surface area contributed by atoms with Gasteiger partial charge in [0.1, 0.15) is 5.82 Å². The first kappa shape index (κ1) is 16.6. The molecule has 21 heavy (non-hydrogen) atoms. The van der Waals surface area contributed by atoms with E-state index in [1.165, 1.54) is 12.8 Å². The van der Waals surface area contributed by atoms with Gasteiger partial charge >= 0.3 is 0 Å². The highest BCUT2D eigenvalue weighted by Crippen LogP contribution is 2.29. The Morgan fingerprint density at radius 2 is 2.19 bits per heavy atom. The van der Waals surface area contributed by atoms with Crippen molar-refractivity contribution in [3.63, 3.8) is 0 Å². The van der Waals surface area contributed by atoms with E-state index in [2.05, 4.69) is 49.0 Å². The number of piperidine rings is 1. The smallest absolute Gasteiger partial charge is 0.129 e. The Bertz CT molecular complexity index is 461. The molecule has 1 aliphatic heterocycles. The minimum absolute atomic E-state index is 0.545. The number of aromatic nitrogens is 1. The highest BCUT2D eigenvalue weighted by molar-refractivity contribution is 6.31. The molecule has 0 aromatic carbocycles. The summed E-state index contributed by atoms with van der Waals surface area (Å²) < 4.78 is 0. The van der Waals surface area contributed by atoms with Gasteiger partial charge in [0.15, 0.2) is 0 Å². The van der Waals surface area contributed by atoms with Crippen LogP contribution >= 0.6 is 11.6 Å². The van der Waals surface area contributed by atoms with Gasteiger partial charge in [-0.15, -0.1) is 0 Å².